The third kappa shape index (κ3) is 3.32. The molecule has 0 bridgehead atoms. The maximum absolute atomic E-state index is 12.5. The van der Waals surface area contributed by atoms with Gasteiger partial charge >= 0.3 is 12.2 Å². The van der Waals surface area contributed by atoms with E-state index in [4.69, 9.17) is 4.74 Å². The molecule has 1 amide bonds. The van der Waals surface area contributed by atoms with E-state index in [0.717, 1.165) is 10.6 Å². The van der Waals surface area contributed by atoms with Crippen molar-refractivity contribution in [3.05, 3.63) is 52.7 Å². The van der Waals surface area contributed by atoms with Crippen LogP contribution in [0.2, 0.25) is 0 Å². The van der Waals surface area contributed by atoms with Gasteiger partial charge in [-0.3, -0.25) is 10.1 Å². The largest absolute Gasteiger partial charge is 0.508 e. The van der Waals surface area contributed by atoms with Gasteiger partial charge in [0.1, 0.15) is 11.5 Å². The van der Waals surface area contributed by atoms with Crippen LogP contribution in [0, 0.1) is 0 Å². The quantitative estimate of drug-likeness (QED) is 0.544. The molecule has 2 aromatic carbocycles. The molecule has 0 spiro atoms. The number of benzene rings is 2. The second-order valence-electron chi connectivity index (χ2n) is 5.76. The third-order valence-corrected chi connectivity index (χ3v) is 4.00. The molecule has 0 atom stereocenters. The minimum Gasteiger partial charge on any atom is -0.508 e. The molecule has 0 aliphatic rings. The van der Waals surface area contributed by atoms with Gasteiger partial charge in [-0.1, -0.05) is 6.07 Å². The van der Waals surface area contributed by atoms with E-state index in [0.29, 0.717) is 0 Å². The summed E-state index contributed by atoms with van der Waals surface area (Å²) < 4.78 is 5.63. The summed E-state index contributed by atoms with van der Waals surface area (Å²) in [6.45, 7) is 1.72. The average molecular weight is 384 g/mol. The second-order valence-corrected chi connectivity index (χ2v) is 5.76. The first-order valence-electron chi connectivity index (χ1n) is 8.21. The molecule has 3 rings (SSSR count). The molecule has 3 aromatic rings. The van der Waals surface area contributed by atoms with Crippen LogP contribution in [0.4, 0.5) is 15.3 Å². The molecule has 4 N–H and O–H groups in total. The normalized spacial score (nSPS) is 10.6. The highest BCUT2D eigenvalue weighted by molar-refractivity contribution is 5.98. The molecule has 0 saturated heterocycles. The van der Waals surface area contributed by atoms with Gasteiger partial charge in [-0.25, -0.2) is 14.2 Å². The highest BCUT2D eigenvalue weighted by Crippen LogP contribution is 2.33. The van der Waals surface area contributed by atoms with Crippen molar-refractivity contribution in [1.29, 1.82) is 0 Å². The molecule has 28 heavy (non-hydrogen) atoms. The molecule has 1 aromatic heterocycles. The molecule has 144 valence electrons. The summed E-state index contributed by atoms with van der Waals surface area (Å²) >= 11 is 0. The van der Waals surface area contributed by atoms with E-state index < -0.39 is 17.6 Å². The predicted molar refractivity (Wildman–Crippen MR) is 101 cm³/mol. The van der Waals surface area contributed by atoms with Crippen LogP contribution in [0.15, 0.2) is 47.3 Å². The Hall–Kier alpha value is -4.01. The lowest BCUT2D eigenvalue weighted by Gasteiger charge is -2.16. The van der Waals surface area contributed by atoms with Crippen LogP contribution in [0.5, 0.6) is 11.5 Å². The molecule has 0 aliphatic heterocycles. The maximum Gasteiger partial charge on any atom is 0.416 e. The van der Waals surface area contributed by atoms with Crippen molar-refractivity contribution in [3.8, 4) is 22.8 Å². The summed E-state index contributed by atoms with van der Waals surface area (Å²) in [6, 6.07) is 8.97. The summed E-state index contributed by atoms with van der Waals surface area (Å²) in [7, 11) is 0. The minimum atomic E-state index is -1.40. The first kappa shape index (κ1) is 18.8. The highest BCUT2D eigenvalue weighted by atomic mass is 16.5. The van der Waals surface area contributed by atoms with E-state index in [1.165, 1.54) is 36.4 Å². The number of hydrogen-bond donors (Lipinski definition) is 4. The zero-order valence-corrected chi connectivity index (χ0v) is 14.7. The molecule has 9 heteroatoms. The Morgan fingerprint density at radius 2 is 1.89 bits per heavy atom. The van der Waals surface area contributed by atoms with E-state index in [2.05, 4.69) is 5.32 Å². The number of anilines is 1. The molecule has 1 heterocycles. The Morgan fingerprint density at radius 1 is 1.14 bits per heavy atom. The fourth-order valence-electron chi connectivity index (χ4n) is 2.90. The van der Waals surface area contributed by atoms with Gasteiger partial charge < -0.3 is 20.1 Å². The number of carbonyl (C=O) groups excluding carboxylic acids is 1. The van der Waals surface area contributed by atoms with Crippen LogP contribution in [0.3, 0.4) is 0 Å². The predicted octanol–water partition coefficient (Wildman–Crippen LogP) is 3.17. The summed E-state index contributed by atoms with van der Waals surface area (Å²) in [5, 5.41) is 31.7. The lowest BCUT2D eigenvalue weighted by atomic mass is 10.1. The molecular formula is C19H16N2O7. The van der Waals surface area contributed by atoms with Gasteiger partial charge in [-0.15, -0.1) is 0 Å². The highest BCUT2D eigenvalue weighted by Gasteiger charge is 2.20. The van der Waals surface area contributed by atoms with Crippen molar-refractivity contribution in [2.24, 2.45) is 0 Å². The van der Waals surface area contributed by atoms with E-state index in [1.54, 1.807) is 6.92 Å². The number of nitrogens with zero attached hydrogens (tertiary/aromatic N) is 1. The number of phenols is 2. The molecular weight excluding hydrogens is 368 g/mol. The van der Waals surface area contributed by atoms with Crippen molar-refractivity contribution in [3.63, 3.8) is 0 Å². The van der Waals surface area contributed by atoms with E-state index in [-0.39, 0.29) is 46.0 Å². The number of ether oxygens (including phenoxy) is 1. The number of aromatic nitrogens is 1. The van der Waals surface area contributed by atoms with Crippen LogP contribution >= 0.6 is 0 Å². The fraction of sp³-hybridized carbons (Fsp3) is 0.105. The molecule has 9 nitrogen and oxygen atoms in total. The standard InChI is InChI=1S/C19H16N2O7/c1-2-28-18(25)20-12-8-10(22)6-7-11(12)14-9-16(24)17-13(21(14)19(26)27)4-3-5-15(17)23/h3-9,22-23H,2H2,1H3,(H,20,25)(H,26,27). The Balaban J connectivity index is 2.33. The first-order valence-corrected chi connectivity index (χ1v) is 8.21. The van der Waals surface area contributed by atoms with Crippen molar-refractivity contribution in [2.75, 3.05) is 11.9 Å². The maximum atomic E-state index is 12.5. The van der Waals surface area contributed by atoms with Crippen molar-refractivity contribution in [1.82, 2.24) is 4.57 Å². The summed E-state index contributed by atoms with van der Waals surface area (Å²) in [4.78, 5) is 36.3. The van der Waals surface area contributed by atoms with E-state index >= 15 is 0 Å². The third-order valence-electron chi connectivity index (χ3n) is 4.00. The van der Waals surface area contributed by atoms with Crippen LogP contribution in [0.1, 0.15) is 6.92 Å². The van der Waals surface area contributed by atoms with Crippen LogP contribution in [0.25, 0.3) is 22.2 Å². The molecule has 0 fully saturated rings. The zero-order valence-electron chi connectivity index (χ0n) is 14.7. The first-order chi connectivity index (χ1) is 13.3. The Labute approximate surface area is 158 Å². The lowest BCUT2D eigenvalue weighted by molar-refractivity contribution is 0.168. The number of fused-ring (bicyclic) bond motifs is 1. The number of carbonyl (C=O) groups is 2. The van der Waals surface area contributed by atoms with Gasteiger partial charge in [0.05, 0.1) is 28.9 Å². The number of carboxylic acid groups (broad SMARTS) is 1. The van der Waals surface area contributed by atoms with Gasteiger partial charge in [-0.05, 0) is 31.2 Å². The van der Waals surface area contributed by atoms with E-state index in [1.807, 2.05) is 0 Å². The van der Waals surface area contributed by atoms with Gasteiger partial charge in [0.25, 0.3) is 0 Å². The fourth-order valence-corrected chi connectivity index (χ4v) is 2.90. The Kier molecular flexibility index (Phi) is 4.90. The van der Waals surface area contributed by atoms with Gasteiger partial charge in [0.2, 0.25) is 0 Å². The minimum absolute atomic E-state index is 0.0230. The number of amides is 1. The molecule has 0 radical (unpaired) electrons. The molecule has 0 aliphatic carbocycles. The lowest BCUT2D eigenvalue weighted by Crippen LogP contribution is -2.19. The Morgan fingerprint density at radius 3 is 2.57 bits per heavy atom. The monoisotopic (exact) mass is 384 g/mol. The number of nitrogens with one attached hydrogen (secondary N) is 1. The number of rotatable bonds is 3. The van der Waals surface area contributed by atoms with Crippen molar-refractivity contribution < 1.29 is 29.6 Å². The van der Waals surface area contributed by atoms with Gasteiger partial charge in [0.15, 0.2) is 5.43 Å². The van der Waals surface area contributed by atoms with Crippen LogP contribution in [-0.2, 0) is 4.74 Å². The number of phenolic OH excluding ortho intramolecular Hbond substituents is 2. The van der Waals surface area contributed by atoms with Crippen molar-refractivity contribution >= 4 is 28.8 Å². The topological polar surface area (TPSA) is 138 Å². The number of hydrogen-bond acceptors (Lipinski definition) is 6. The average Bonchev–Trinajstić information content (AvgIpc) is 2.61. The van der Waals surface area contributed by atoms with Gasteiger partial charge in [0, 0.05) is 17.7 Å². The Bertz CT molecular complexity index is 1150. The number of aromatic hydroxyl groups is 2. The molecule has 0 saturated carbocycles. The van der Waals surface area contributed by atoms with E-state index in [9.17, 15) is 29.7 Å². The summed E-state index contributed by atoms with van der Waals surface area (Å²) in [5.74, 6) is -0.530. The van der Waals surface area contributed by atoms with Crippen molar-refractivity contribution in [2.45, 2.75) is 6.92 Å². The zero-order chi connectivity index (χ0) is 20.4. The molecule has 0 unspecified atom stereocenters. The van der Waals surface area contributed by atoms with Crippen LogP contribution in [-0.4, -0.2) is 38.7 Å². The van der Waals surface area contributed by atoms with Gasteiger partial charge in [-0.2, -0.15) is 0 Å². The summed E-state index contributed by atoms with van der Waals surface area (Å²) in [5.41, 5.74) is -0.466. The number of pyridine rings is 1. The van der Waals surface area contributed by atoms with Crippen LogP contribution < -0.4 is 10.7 Å². The second kappa shape index (κ2) is 7.31. The smallest absolute Gasteiger partial charge is 0.416 e. The SMILES string of the molecule is CCOC(=O)Nc1cc(O)ccc1-c1cc(=O)c2c(O)cccc2n1C(=O)O. The summed E-state index contributed by atoms with van der Waals surface area (Å²) in [6.07, 6.45) is -2.21.